The van der Waals surface area contributed by atoms with Crippen LogP contribution in [0.25, 0.3) is 0 Å². The van der Waals surface area contributed by atoms with Crippen molar-refractivity contribution in [2.24, 2.45) is 5.73 Å². The summed E-state index contributed by atoms with van der Waals surface area (Å²) in [7, 11) is -3.48. The highest BCUT2D eigenvalue weighted by molar-refractivity contribution is 7.89. The number of benzene rings is 1. The number of hydrogen-bond donors (Lipinski definition) is 2. The molecule has 1 aromatic rings. The Morgan fingerprint density at radius 2 is 2.00 bits per heavy atom. The quantitative estimate of drug-likeness (QED) is 0.855. The van der Waals surface area contributed by atoms with Gasteiger partial charge in [-0.25, -0.2) is 8.42 Å². The summed E-state index contributed by atoms with van der Waals surface area (Å²) in [6.45, 7) is 2.76. The Morgan fingerprint density at radius 1 is 1.37 bits per heavy atom. The van der Waals surface area contributed by atoms with E-state index in [4.69, 9.17) is 5.73 Å². The molecule has 1 aromatic carbocycles. The molecule has 0 aliphatic carbocycles. The van der Waals surface area contributed by atoms with Crippen molar-refractivity contribution in [2.45, 2.75) is 36.8 Å². The summed E-state index contributed by atoms with van der Waals surface area (Å²) in [6, 6.07) is 6.71. The summed E-state index contributed by atoms with van der Waals surface area (Å²) in [6.07, 6.45) is 0.922. The van der Waals surface area contributed by atoms with Crippen molar-refractivity contribution in [2.75, 3.05) is 13.1 Å². The van der Waals surface area contributed by atoms with E-state index in [0.717, 1.165) is 5.56 Å². The number of piperidine rings is 1. The van der Waals surface area contributed by atoms with Gasteiger partial charge in [0.15, 0.2) is 0 Å². The number of nitrogens with two attached hydrogens (primary N) is 1. The Hall–Kier alpha value is -0.950. The van der Waals surface area contributed by atoms with Crippen molar-refractivity contribution in [3.8, 4) is 0 Å². The van der Waals surface area contributed by atoms with Gasteiger partial charge in [0.05, 0.1) is 10.5 Å². The standard InChI is InChI=1S/C13H20N2O3S/c1-13(16)5-7-15(8-6-13)19(17,18)12-4-2-3-11(9-12)10-14/h2-4,9,16H,5-8,10,14H2,1H3. The number of nitrogens with zero attached hydrogens (tertiary/aromatic N) is 1. The monoisotopic (exact) mass is 284 g/mol. The van der Waals surface area contributed by atoms with E-state index in [-0.39, 0.29) is 4.90 Å². The second kappa shape index (κ2) is 5.20. The fourth-order valence-corrected chi connectivity index (χ4v) is 3.70. The van der Waals surface area contributed by atoms with Crippen LogP contribution in [0.1, 0.15) is 25.3 Å². The average Bonchev–Trinajstić information content (AvgIpc) is 2.38. The van der Waals surface area contributed by atoms with Crippen LogP contribution >= 0.6 is 0 Å². The topological polar surface area (TPSA) is 83.6 Å². The van der Waals surface area contributed by atoms with Crippen molar-refractivity contribution in [3.05, 3.63) is 29.8 Å². The van der Waals surface area contributed by atoms with E-state index in [9.17, 15) is 13.5 Å². The van der Waals surface area contributed by atoms with Crippen LogP contribution in [0.15, 0.2) is 29.2 Å². The lowest BCUT2D eigenvalue weighted by atomic mass is 9.95. The molecule has 0 radical (unpaired) electrons. The Morgan fingerprint density at radius 3 is 2.58 bits per heavy atom. The molecule has 1 aliphatic heterocycles. The largest absolute Gasteiger partial charge is 0.390 e. The minimum absolute atomic E-state index is 0.275. The molecular formula is C13H20N2O3S. The van der Waals surface area contributed by atoms with Gasteiger partial charge in [-0.15, -0.1) is 0 Å². The first kappa shape index (κ1) is 14.5. The van der Waals surface area contributed by atoms with Crippen LogP contribution in [-0.4, -0.2) is 36.5 Å². The second-order valence-corrected chi connectivity index (χ2v) is 7.19. The van der Waals surface area contributed by atoms with Crippen molar-refractivity contribution in [1.29, 1.82) is 0 Å². The van der Waals surface area contributed by atoms with Crippen molar-refractivity contribution in [3.63, 3.8) is 0 Å². The first-order chi connectivity index (χ1) is 8.85. The second-order valence-electron chi connectivity index (χ2n) is 5.25. The lowest BCUT2D eigenvalue weighted by Crippen LogP contribution is -2.45. The van der Waals surface area contributed by atoms with E-state index in [0.29, 0.717) is 32.5 Å². The number of sulfonamides is 1. The van der Waals surface area contributed by atoms with Crippen LogP contribution in [0.3, 0.4) is 0 Å². The van der Waals surface area contributed by atoms with Crippen LogP contribution in [0, 0.1) is 0 Å². The predicted molar refractivity (Wildman–Crippen MR) is 73.0 cm³/mol. The molecule has 1 heterocycles. The molecule has 0 spiro atoms. The molecule has 0 amide bonds. The minimum atomic E-state index is -3.48. The first-order valence-electron chi connectivity index (χ1n) is 6.37. The molecule has 3 N–H and O–H groups in total. The van der Waals surface area contributed by atoms with E-state index in [2.05, 4.69) is 0 Å². The molecule has 5 nitrogen and oxygen atoms in total. The zero-order valence-corrected chi connectivity index (χ0v) is 11.9. The number of rotatable bonds is 3. The summed E-state index contributed by atoms with van der Waals surface area (Å²) in [5.74, 6) is 0. The molecule has 6 heteroatoms. The van der Waals surface area contributed by atoms with Gasteiger partial charge in [0.2, 0.25) is 10.0 Å². The summed E-state index contributed by atoms with van der Waals surface area (Å²) in [5.41, 5.74) is 5.57. The lowest BCUT2D eigenvalue weighted by molar-refractivity contribution is 0.0126. The highest BCUT2D eigenvalue weighted by Gasteiger charge is 2.33. The normalized spacial score (nSPS) is 20.4. The zero-order chi connectivity index (χ0) is 14.1. The molecule has 0 aromatic heterocycles. The molecule has 2 rings (SSSR count). The van der Waals surface area contributed by atoms with E-state index >= 15 is 0 Å². The lowest BCUT2D eigenvalue weighted by Gasteiger charge is -2.35. The highest BCUT2D eigenvalue weighted by Crippen LogP contribution is 2.26. The summed E-state index contributed by atoms with van der Waals surface area (Å²) in [4.78, 5) is 0.275. The Balaban J connectivity index is 2.23. The number of aliphatic hydroxyl groups is 1. The summed E-state index contributed by atoms with van der Waals surface area (Å²) in [5, 5.41) is 9.87. The third kappa shape index (κ3) is 3.14. The Bertz CT molecular complexity index is 545. The SMILES string of the molecule is CC1(O)CCN(S(=O)(=O)c2cccc(CN)c2)CC1. The average molecular weight is 284 g/mol. The van der Waals surface area contributed by atoms with E-state index < -0.39 is 15.6 Å². The molecule has 0 atom stereocenters. The highest BCUT2D eigenvalue weighted by atomic mass is 32.2. The molecule has 1 saturated heterocycles. The third-order valence-electron chi connectivity index (χ3n) is 3.57. The van der Waals surface area contributed by atoms with Gasteiger partial charge in [-0.1, -0.05) is 12.1 Å². The van der Waals surface area contributed by atoms with Gasteiger partial charge in [0.25, 0.3) is 0 Å². The maximum Gasteiger partial charge on any atom is 0.243 e. The van der Waals surface area contributed by atoms with Gasteiger partial charge >= 0.3 is 0 Å². The van der Waals surface area contributed by atoms with Gasteiger partial charge in [0, 0.05) is 19.6 Å². The van der Waals surface area contributed by atoms with E-state index in [1.165, 1.54) is 4.31 Å². The van der Waals surface area contributed by atoms with Crippen LogP contribution in [-0.2, 0) is 16.6 Å². The predicted octanol–water partition coefficient (Wildman–Crippen LogP) is 0.681. The van der Waals surface area contributed by atoms with Crippen LogP contribution in [0.2, 0.25) is 0 Å². The van der Waals surface area contributed by atoms with E-state index in [1.807, 2.05) is 0 Å². The van der Waals surface area contributed by atoms with Gasteiger partial charge in [-0.3, -0.25) is 0 Å². The van der Waals surface area contributed by atoms with Crippen molar-refractivity contribution in [1.82, 2.24) is 4.31 Å². The van der Waals surface area contributed by atoms with E-state index in [1.54, 1.807) is 31.2 Å². The van der Waals surface area contributed by atoms with Crippen LogP contribution in [0.5, 0.6) is 0 Å². The molecule has 1 fully saturated rings. The molecule has 106 valence electrons. The van der Waals surface area contributed by atoms with Gasteiger partial charge in [0.1, 0.15) is 0 Å². The maximum atomic E-state index is 12.5. The molecule has 0 unspecified atom stereocenters. The Kier molecular flexibility index (Phi) is 3.96. The summed E-state index contributed by atoms with van der Waals surface area (Å²) >= 11 is 0. The minimum Gasteiger partial charge on any atom is -0.390 e. The smallest absolute Gasteiger partial charge is 0.243 e. The van der Waals surface area contributed by atoms with Crippen molar-refractivity contribution >= 4 is 10.0 Å². The molecule has 1 aliphatic rings. The van der Waals surface area contributed by atoms with Gasteiger partial charge < -0.3 is 10.8 Å². The summed E-state index contributed by atoms with van der Waals surface area (Å²) < 4.78 is 26.4. The third-order valence-corrected chi connectivity index (χ3v) is 5.47. The number of hydrogen-bond acceptors (Lipinski definition) is 4. The van der Waals surface area contributed by atoms with Crippen molar-refractivity contribution < 1.29 is 13.5 Å². The van der Waals surface area contributed by atoms with Crippen LogP contribution < -0.4 is 5.73 Å². The molecule has 0 bridgehead atoms. The van der Waals surface area contributed by atoms with Gasteiger partial charge in [-0.05, 0) is 37.5 Å². The maximum absolute atomic E-state index is 12.5. The first-order valence-corrected chi connectivity index (χ1v) is 7.81. The molecule has 0 saturated carbocycles. The molecular weight excluding hydrogens is 264 g/mol. The zero-order valence-electron chi connectivity index (χ0n) is 11.0. The fraction of sp³-hybridized carbons (Fsp3) is 0.538. The fourth-order valence-electron chi connectivity index (χ4n) is 2.19. The van der Waals surface area contributed by atoms with Gasteiger partial charge in [-0.2, -0.15) is 4.31 Å². The molecule has 19 heavy (non-hydrogen) atoms. The van der Waals surface area contributed by atoms with Crippen LogP contribution in [0.4, 0.5) is 0 Å². The Labute approximate surface area is 114 Å².